The van der Waals surface area contributed by atoms with E-state index in [-0.39, 0.29) is 5.41 Å². The van der Waals surface area contributed by atoms with Gasteiger partial charge in [0.05, 0.1) is 0 Å². The maximum Gasteiger partial charge on any atom is 0.511 e. The Hall–Kier alpha value is -2.29. The van der Waals surface area contributed by atoms with Gasteiger partial charge >= 0.3 is 6.16 Å². The quantitative estimate of drug-likeness (QED) is 0.641. The van der Waals surface area contributed by atoms with Crippen LogP contribution in [0.3, 0.4) is 0 Å². The maximum atomic E-state index is 10.6. The van der Waals surface area contributed by atoms with E-state index in [1.807, 2.05) is 18.2 Å². The standard InChI is InChI=1S/C19H20O3/c20-18(21)22-17-11-9-16(10-12-17)19(13-5-2-6-14-19)15-7-3-1-4-8-15/h1,3-4,7-12H,2,5-6,13-14H2,(H,20,21). The average Bonchev–Trinajstić information content (AvgIpc) is 2.56. The van der Waals surface area contributed by atoms with E-state index in [4.69, 9.17) is 9.84 Å². The zero-order valence-electron chi connectivity index (χ0n) is 12.5. The number of hydrogen-bond acceptors (Lipinski definition) is 2. The Balaban J connectivity index is 1.98. The van der Waals surface area contributed by atoms with Crippen molar-refractivity contribution in [1.82, 2.24) is 0 Å². The molecule has 0 amide bonds. The third-order valence-electron chi connectivity index (χ3n) is 4.65. The highest BCUT2D eigenvalue weighted by Gasteiger charge is 2.35. The van der Waals surface area contributed by atoms with Crippen LogP contribution < -0.4 is 4.74 Å². The molecule has 22 heavy (non-hydrogen) atoms. The fourth-order valence-electron chi connectivity index (χ4n) is 3.60. The van der Waals surface area contributed by atoms with Crippen LogP contribution in [0.5, 0.6) is 5.75 Å². The van der Waals surface area contributed by atoms with Gasteiger partial charge < -0.3 is 9.84 Å². The molecule has 1 fully saturated rings. The largest absolute Gasteiger partial charge is 0.511 e. The third-order valence-corrected chi connectivity index (χ3v) is 4.65. The molecule has 3 nitrogen and oxygen atoms in total. The van der Waals surface area contributed by atoms with Gasteiger partial charge in [-0.25, -0.2) is 4.79 Å². The summed E-state index contributed by atoms with van der Waals surface area (Å²) in [7, 11) is 0. The molecule has 0 heterocycles. The van der Waals surface area contributed by atoms with Crippen LogP contribution in [0.2, 0.25) is 0 Å². The fraction of sp³-hybridized carbons (Fsp3) is 0.316. The Morgan fingerprint density at radius 1 is 0.864 bits per heavy atom. The Kier molecular flexibility index (Phi) is 4.14. The highest BCUT2D eigenvalue weighted by Crippen LogP contribution is 2.45. The van der Waals surface area contributed by atoms with E-state index >= 15 is 0 Å². The first-order valence-corrected chi connectivity index (χ1v) is 7.78. The van der Waals surface area contributed by atoms with Crippen LogP contribution in [0, 0.1) is 0 Å². The van der Waals surface area contributed by atoms with Gasteiger partial charge in [-0.15, -0.1) is 0 Å². The number of hydrogen-bond donors (Lipinski definition) is 1. The topological polar surface area (TPSA) is 46.5 Å². The lowest BCUT2D eigenvalue weighted by molar-refractivity contribution is 0.144. The molecule has 1 aliphatic carbocycles. The SMILES string of the molecule is O=C(O)Oc1ccc(C2(c3ccccc3)CCCCC2)cc1. The molecule has 0 bridgehead atoms. The summed E-state index contributed by atoms with van der Waals surface area (Å²) < 4.78 is 4.71. The molecule has 0 saturated heterocycles. The predicted octanol–water partition coefficient (Wildman–Crippen LogP) is 4.99. The fourth-order valence-corrected chi connectivity index (χ4v) is 3.60. The van der Waals surface area contributed by atoms with E-state index in [0.29, 0.717) is 5.75 Å². The molecule has 2 aromatic carbocycles. The Morgan fingerprint density at radius 2 is 1.45 bits per heavy atom. The minimum atomic E-state index is -1.27. The molecule has 0 unspecified atom stereocenters. The summed E-state index contributed by atoms with van der Waals surface area (Å²) in [6.07, 6.45) is 4.73. The van der Waals surface area contributed by atoms with Crippen molar-refractivity contribution in [3.63, 3.8) is 0 Å². The van der Waals surface area contributed by atoms with E-state index in [1.54, 1.807) is 12.1 Å². The van der Waals surface area contributed by atoms with E-state index in [2.05, 4.69) is 24.3 Å². The second kappa shape index (κ2) is 6.22. The van der Waals surface area contributed by atoms with E-state index in [9.17, 15) is 4.79 Å². The summed E-state index contributed by atoms with van der Waals surface area (Å²) in [6.45, 7) is 0. The molecule has 0 aromatic heterocycles. The zero-order valence-corrected chi connectivity index (χ0v) is 12.5. The predicted molar refractivity (Wildman–Crippen MR) is 85.4 cm³/mol. The first-order valence-electron chi connectivity index (χ1n) is 7.78. The van der Waals surface area contributed by atoms with Gasteiger partial charge in [-0.05, 0) is 36.1 Å². The minimum absolute atomic E-state index is 0.0429. The van der Waals surface area contributed by atoms with Gasteiger partial charge in [-0.2, -0.15) is 0 Å². The molecule has 0 radical (unpaired) electrons. The van der Waals surface area contributed by atoms with Crippen LogP contribution in [0.15, 0.2) is 54.6 Å². The van der Waals surface area contributed by atoms with Gasteiger partial charge in [-0.1, -0.05) is 61.7 Å². The molecule has 1 saturated carbocycles. The van der Waals surface area contributed by atoms with Crippen LogP contribution in [0.4, 0.5) is 4.79 Å². The molecular formula is C19H20O3. The molecule has 0 aliphatic heterocycles. The van der Waals surface area contributed by atoms with Crippen molar-refractivity contribution < 1.29 is 14.6 Å². The molecule has 0 spiro atoms. The first kappa shape index (κ1) is 14.6. The molecule has 3 rings (SSSR count). The molecule has 2 aromatic rings. The lowest BCUT2D eigenvalue weighted by Crippen LogP contribution is -2.30. The van der Waals surface area contributed by atoms with E-state index in [0.717, 1.165) is 12.8 Å². The second-order valence-corrected chi connectivity index (χ2v) is 5.90. The van der Waals surface area contributed by atoms with E-state index < -0.39 is 6.16 Å². The van der Waals surface area contributed by atoms with Gasteiger partial charge in [0, 0.05) is 5.41 Å². The first-order chi connectivity index (χ1) is 10.7. The van der Waals surface area contributed by atoms with Crippen molar-refractivity contribution in [2.75, 3.05) is 0 Å². The number of carbonyl (C=O) groups is 1. The second-order valence-electron chi connectivity index (χ2n) is 5.90. The molecule has 0 atom stereocenters. The van der Waals surface area contributed by atoms with Crippen LogP contribution in [-0.2, 0) is 5.41 Å². The summed E-state index contributed by atoms with van der Waals surface area (Å²) in [5.74, 6) is 0.371. The van der Waals surface area contributed by atoms with Gasteiger partial charge in [0.25, 0.3) is 0 Å². The summed E-state index contributed by atoms with van der Waals surface area (Å²) in [4.78, 5) is 10.6. The van der Waals surface area contributed by atoms with Crippen molar-refractivity contribution in [3.8, 4) is 5.75 Å². The van der Waals surface area contributed by atoms with Crippen molar-refractivity contribution in [3.05, 3.63) is 65.7 Å². The van der Waals surface area contributed by atoms with Gasteiger partial charge in [0.2, 0.25) is 0 Å². The van der Waals surface area contributed by atoms with Crippen LogP contribution in [0.25, 0.3) is 0 Å². The van der Waals surface area contributed by atoms with Crippen molar-refractivity contribution in [2.45, 2.75) is 37.5 Å². The molecule has 3 heteroatoms. The van der Waals surface area contributed by atoms with Gasteiger partial charge in [0.1, 0.15) is 5.75 Å². The zero-order chi connectivity index (χ0) is 15.4. The minimum Gasteiger partial charge on any atom is -0.449 e. The lowest BCUT2D eigenvalue weighted by Gasteiger charge is -2.38. The average molecular weight is 296 g/mol. The van der Waals surface area contributed by atoms with Gasteiger partial charge in [-0.3, -0.25) is 0 Å². The smallest absolute Gasteiger partial charge is 0.449 e. The Labute approximate surface area is 130 Å². The highest BCUT2D eigenvalue weighted by molar-refractivity contribution is 5.61. The Bertz CT molecular complexity index is 625. The number of ether oxygens (including phenoxy) is 1. The maximum absolute atomic E-state index is 10.6. The van der Waals surface area contributed by atoms with Crippen LogP contribution in [0.1, 0.15) is 43.2 Å². The third kappa shape index (κ3) is 2.84. The van der Waals surface area contributed by atoms with Crippen LogP contribution in [-0.4, -0.2) is 11.3 Å². The number of carboxylic acid groups (broad SMARTS) is 1. The van der Waals surface area contributed by atoms with Crippen molar-refractivity contribution in [2.24, 2.45) is 0 Å². The highest BCUT2D eigenvalue weighted by atomic mass is 16.7. The summed E-state index contributed by atoms with van der Waals surface area (Å²) in [5.41, 5.74) is 2.64. The molecule has 1 N–H and O–H groups in total. The normalized spacial score (nSPS) is 16.9. The van der Waals surface area contributed by atoms with Crippen molar-refractivity contribution in [1.29, 1.82) is 0 Å². The number of rotatable bonds is 3. The Morgan fingerprint density at radius 3 is 2.05 bits per heavy atom. The van der Waals surface area contributed by atoms with E-state index in [1.165, 1.54) is 30.4 Å². The molecule has 1 aliphatic rings. The molecular weight excluding hydrogens is 276 g/mol. The number of benzene rings is 2. The monoisotopic (exact) mass is 296 g/mol. The van der Waals surface area contributed by atoms with Crippen molar-refractivity contribution >= 4 is 6.16 Å². The summed E-state index contributed by atoms with van der Waals surface area (Å²) in [5, 5.41) is 8.69. The molecule has 114 valence electrons. The summed E-state index contributed by atoms with van der Waals surface area (Å²) >= 11 is 0. The van der Waals surface area contributed by atoms with Gasteiger partial charge in [0.15, 0.2) is 0 Å². The summed E-state index contributed by atoms with van der Waals surface area (Å²) in [6, 6.07) is 18.2. The lowest BCUT2D eigenvalue weighted by atomic mass is 9.65. The van der Waals surface area contributed by atoms with Crippen LogP contribution >= 0.6 is 0 Å².